The molecule has 0 radical (unpaired) electrons. The van der Waals surface area contributed by atoms with Crippen molar-refractivity contribution in [2.75, 3.05) is 57.4 Å². The molecular weight excluding hydrogens is 367 g/mol. The summed E-state index contributed by atoms with van der Waals surface area (Å²) in [6, 6.07) is 5.75. The Morgan fingerprint density at radius 2 is 1.78 bits per heavy atom. The number of nitrogens with zero attached hydrogens (tertiary/aromatic N) is 4. The molecule has 2 aromatic rings. The van der Waals surface area contributed by atoms with E-state index in [1.807, 2.05) is 4.90 Å². The fourth-order valence-electron chi connectivity index (χ4n) is 3.38. The lowest BCUT2D eigenvalue weighted by atomic mass is 10.2. The lowest BCUT2D eigenvalue weighted by Gasteiger charge is -2.34. The highest BCUT2D eigenvalue weighted by Crippen LogP contribution is 2.23. The smallest absolute Gasteiger partial charge is 0.253 e. The summed E-state index contributed by atoms with van der Waals surface area (Å²) in [5, 5.41) is 3.15. The molecule has 144 valence electrons. The number of aromatic nitrogens is 1. The molecule has 2 aliphatic rings. The molecule has 1 aromatic carbocycles. The number of anilines is 1. The second-order valence-corrected chi connectivity index (χ2v) is 7.63. The highest BCUT2D eigenvalue weighted by Gasteiger charge is 2.24. The van der Waals surface area contributed by atoms with Crippen molar-refractivity contribution in [3.8, 4) is 0 Å². The molecule has 1 amide bonds. The maximum Gasteiger partial charge on any atom is 0.253 e. The molecule has 0 spiro atoms. The first-order valence-electron chi connectivity index (χ1n) is 9.23. The minimum atomic E-state index is -0.326. The Morgan fingerprint density at radius 3 is 2.48 bits per heavy atom. The quantitative estimate of drug-likeness (QED) is 0.800. The Balaban J connectivity index is 1.31. The van der Waals surface area contributed by atoms with Crippen LogP contribution in [0.4, 0.5) is 9.52 Å². The summed E-state index contributed by atoms with van der Waals surface area (Å²) >= 11 is 1.66. The van der Waals surface area contributed by atoms with Crippen molar-refractivity contribution in [3.63, 3.8) is 0 Å². The predicted molar refractivity (Wildman–Crippen MR) is 103 cm³/mol. The van der Waals surface area contributed by atoms with E-state index in [-0.39, 0.29) is 11.7 Å². The summed E-state index contributed by atoms with van der Waals surface area (Å²) in [5.41, 5.74) is 1.63. The van der Waals surface area contributed by atoms with Gasteiger partial charge in [-0.15, -0.1) is 11.3 Å². The molecule has 0 unspecified atom stereocenters. The van der Waals surface area contributed by atoms with E-state index in [4.69, 9.17) is 9.72 Å². The van der Waals surface area contributed by atoms with Crippen LogP contribution in [0.5, 0.6) is 0 Å². The van der Waals surface area contributed by atoms with Gasteiger partial charge in [0.25, 0.3) is 5.91 Å². The van der Waals surface area contributed by atoms with E-state index in [0.717, 1.165) is 56.8 Å². The van der Waals surface area contributed by atoms with Gasteiger partial charge in [0, 0.05) is 56.8 Å². The lowest BCUT2D eigenvalue weighted by Crippen LogP contribution is -2.48. The number of rotatable bonds is 4. The van der Waals surface area contributed by atoms with E-state index in [1.54, 1.807) is 23.5 Å². The molecule has 1 aromatic heterocycles. The Bertz CT molecular complexity index is 768. The number of thiazole rings is 1. The van der Waals surface area contributed by atoms with E-state index >= 15 is 0 Å². The van der Waals surface area contributed by atoms with Crippen molar-refractivity contribution >= 4 is 22.4 Å². The molecule has 0 saturated carbocycles. The van der Waals surface area contributed by atoms with Crippen LogP contribution in [-0.2, 0) is 11.3 Å². The van der Waals surface area contributed by atoms with Crippen LogP contribution >= 0.6 is 11.3 Å². The highest BCUT2D eigenvalue weighted by atomic mass is 32.1. The summed E-state index contributed by atoms with van der Waals surface area (Å²) in [4.78, 5) is 23.7. The molecule has 8 heteroatoms. The first kappa shape index (κ1) is 18.3. The van der Waals surface area contributed by atoms with Crippen molar-refractivity contribution in [3.05, 3.63) is 46.7 Å². The van der Waals surface area contributed by atoms with Crippen LogP contribution in [0.1, 0.15) is 16.1 Å². The van der Waals surface area contributed by atoms with Crippen LogP contribution in [-0.4, -0.2) is 73.2 Å². The number of halogens is 1. The van der Waals surface area contributed by atoms with Gasteiger partial charge in [-0.2, -0.15) is 0 Å². The van der Waals surface area contributed by atoms with Crippen LogP contribution in [0.3, 0.4) is 0 Å². The van der Waals surface area contributed by atoms with Gasteiger partial charge in [0.05, 0.1) is 18.9 Å². The Morgan fingerprint density at radius 1 is 1.07 bits per heavy atom. The van der Waals surface area contributed by atoms with Gasteiger partial charge in [0.15, 0.2) is 5.13 Å². The normalized spacial score (nSPS) is 18.7. The maximum atomic E-state index is 13.0. The molecule has 0 bridgehead atoms. The number of benzene rings is 1. The van der Waals surface area contributed by atoms with Crippen molar-refractivity contribution in [1.29, 1.82) is 0 Å². The third-order valence-corrected chi connectivity index (χ3v) is 5.91. The van der Waals surface area contributed by atoms with Gasteiger partial charge in [-0.25, -0.2) is 9.37 Å². The minimum absolute atomic E-state index is 0.0400. The number of carbonyl (C=O) groups is 1. The zero-order valence-corrected chi connectivity index (χ0v) is 16.0. The number of amides is 1. The Labute approximate surface area is 162 Å². The molecule has 0 N–H and O–H groups in total. The van der Waals surface area contributed by atoms with Gasteiger partial charge >= 0.3 is 0 Å². The molecule has 2 aliphatic heterocycles. The average Bonchev–Trinajstić information content (AvgIpc) is 3.17. The first-order chi connectivity index (χ1) is 13.2. The topological polar surface area (TPSA) is 48.9 Å². The summed E-state index contributed by atoms with van der Waals surface area (Å²) < 4.78 is 18.4. The summed E-state index contributed by atoms with van der Waals surface area (Å²) in [7, 11) is 0. The summed E-state index contributed by atoms with van der Waals surface area (Å²) in [6.07, 6.45) is 0. The number of carbonyl (C=O) groups excluding carboxylic acids is 1. The van der Waals surface area contributed by atoms with Gasteiger partial charge in [0.1, 0.15) is 5.82 Å². The van der Waals surface area contributed by atoms with Crippen LogP contribution in [0.25, 0.3) is 0 Å². The second kappa shape index (κ2) is 8.33. The third-order valence-electron chi connectivity index (χ3n) is 4.96. The van der Waals surface area contributed by atoms with Crippen molar-refractivity contribution in [1.82, 2.24) is 14.8 Å². The summed E-state index contributed by atoms with van der Waals surface area (Å²) in [5.74, 6) is -0.366. The molecule has 2 saturated heterocycles. The Hall–Kier alpha value is -2.03. The zero-order valence-electron chi connectivity index (χ0n) is 15.1. The summed E-state index contributed by atoms with van der Waals surface area (Å²) in [6.45, 7) is 7.18. The van der Waals surface area contributed by atoms with Crippen LogP contribution in [0.2, 0.25) is 0 Å². The number of hydrogen-bond acceptors (Lipinski definition) is 6. The van der Waals surface area contributed by atoms with Crippen LogP contribution in [0, 0.1) is 5.82 Å². The van der Waals surface area contributed by atoms with E-state index < -0.39 is 0 Å². The zero-order chi connectivity index (χ0) is 18.6. The standard InChI is InChI=1S/C19H23FN4O2S/c20-16-3-1-15(2-4-16)18(25)23-5-7-24(8-6-23)19-21-17(14-27-19)13-22-9-11-26-12-10-22/h1-4,14H,5-13H2. The Kier molecular flexibility index (Phi) is 5.66. The third kappa shape index (κ3) is 4.45. The van der Waals surface area contributed by atoms with E-state index in [0.29, 0.717) is 18.7 Å². The van der Waals surface area contributed by atoms with E-state index in [1.165, 1.54) is 12.1 Å². The average molecular weight is 390 g/mol. The second-order valence-electron chi connectivity index (χ2n) is 6.80. The van der Waals surface area contributed by atoms with E-state index in [2.05, 4.69) is 15.2 Å². The van der Waals surface area contributed by atoms with Crippen LogP contribution < -0.4 is 4.90 Å². The lowest BCUT2D eigenvalue weighted by molar-refractivity contribution is 0.0337. The van der Waals surface area contributed by atoms with Gasteiger partial charge in [0.2, 0.25) is 0 Å². The minimum Gasteiger partial charge on any atom is -0.379 e. The first-order valence-corrected chi connectivity index (χ1v) is 10.1. The molecule has 3 heterocycles. The predicted octanol–water partition coefficient (Wildman–Crippen LogP) is 2.08. The monoisotopic (exact) mass is 390 g/mol. The fourth-order valence-corrected chi connectivity index (χ4v) is 4.25. The van der Waals surface area contributed by atoms with Crippen molar-refractivity contribution in [2.24, 2.45) is 0 Å². The number of morpholine rings is 1. The van der Waals surface area contributed by atoms with Gasteiger partial charge < -0.3 is 14.5 Å². The largest absolute Gasteiger partial charge is 0.379 e. The maximum absolute atomic E-state index is 13.0. The van der Waals surface area contributed by atoms with E-state index in [9.17, 15) is 9.18 Å². The number of piperazine rings is 1. The van der Waals surface area contributed by atoms with Gasteiger partial charge in [-0.3, -0.25) is 9.69 Å². The molecular formula is C19H23FN4O2S. The highest BCUT2D eigenvalue weighted by molar-refractivity contribution is 7.13. The molecule has 0 atom stereocenters. The van der Waals surface area contributed by atoms with Crippen molar-refractivity contribution in [2.45, 2.75) is 6.54 Å². The van der Waals surface area contributed by atoms with Gasteiger partial charge in [-0.1, -0.05) is 0 Å². The molecule has 6 nitrogen and oxygen atoms in total. The van der Waals surface area contributed by atoms with Gasteiger partial charge in [-0.05, 0) is 24.3 Å². The number of ether oxygens (including phenoxy) is 1. The number of hydrogen-bond donors (Lipinski definition) is 0. The SMILES string of the molecule is O=C(c1ccc(F)cc1)N1CCN(c2nc(CN3CCOCC3)cs2)CC1. The molecule has 27 heavy (non-hydrogen) atoms. The fraction of sp³-hybridized carbons (Fsp3) is 0.474. The van der Waals surface area contributed by atoms with Crippen LogP contribution in [0.15, 0.2) is 29.6 Å². The van der Waals surface area contributed by atoms with Crippen molar-refractivity contribution < 1.29 is 13.9 Å². The molecule has 4 rings (SSSR count). The molecule has 2 fully saturated rings. The molecule has 0 aliphatic carbocycles.